The molecule has 0 bridgehead atoms. The lowest BCUT2D eigenvalue weighted by molar-refractivity contribution is -0.384. The molecule has 0 aliphatic heterocycles. The molecule has 136 valence electrons. The van der Waals surface area contributed by atoms with Crippen LogP contribution in [0.4, 0.5) is 5.69 Å². The summed E-state index contributed by atoms with van der Waals surface area (Å²) in [7, 11) is 3.08. The first-order valence-electron chi connectivity index (χ1n) is 7.75. The summed E-state index contributed by atoms with van der Waals surface area (Å²) in [5.41, 5.74) is 2.19. The molecular weight excluding hydrogens is 338 g/mol. The highest BCUT2D eigenvalue weighted by molar-refractivity contribution is 5.87. The van der Waals surface area contributed by atoms with Crippen LogP contribution in [0.25, 0.3) is 6.08 Å². The number of methoxy groups -OCH3 is 2. The first kappa shape index (κ1) is 19.0. The highest BCUT2D eigenvalue weighted by atomic mass is 16.6. The van der Waals surface area contributed by atoms with Crippen LogP contribution in [-0.2, 0) is 16.1 Å². The average molecular weight is 357 g/mol. The van der Waals surface area contributed by atoms with E-state index in [-0.39, 0.29) is 12.3 Å². The number of nitrogens with zero attached hydrogens (tertiary/aromatic N) is 1. The molecular formula is C19H19NO6. The first-order chi connectivity index (χ1) is 12.4. The van der Waals surface area contributed by atoms with E-state index in [0.29, 0.717) is 17.1 Å². The second kappa shape index (κ2) is 8.66. The second-order valence-corrected chi connectivity index (χ2v) is 5.43. The zero-order chi connectivity index (χ0) is 19.1. The van der Waals surface area contributed by atoms with Crippen molar-refractivity contribution in [1.29, 1.82) is 0 Å². The lowest BCUT2D eigenvalue weighted by Crippen LogP contribution is -2.03. The van der Waals surface area contributed by atoms with Gasteiger partial charge in [-0.05, 0) is 41.8 Å². The SMILES string of the molecule is COc1cc(C)c(COC(=O)/C=C/c2cccc([N+](=O)[O-])c2)cc1OC. The van der Waals surface area contributed by atoms with Crippen molar-refractivity contribution in [2.24, 2.45) is 0 Å². The van der Waals surface area contributed by atoms with Crippen molar-refractivity contribution in [2.75, 3.05) is 14.2 Å². The van der Waals surface area contributed by atoms with Gasteiger partial charge in [-0.15, -0.1) is 0 Å². The predicted octanol–water partition coefficient (Wildman–Crippen LogP) is 3.68. The second-order valence-electron chi connectivity index (χ2n) is 5.43. The fourth-order valence-corrected chi connectivity index (χ4v) is 2.28. The number of hydrogen-bond donors (Lipinski definition) is 0. The van der Waals surface area contributed by atoms with E-state index in [1.807, 2.05) is 6.92 Å². The van der Waals surface area contributed by atoms with Crippen molar-refractivity contribution in [3.05, 3.63) is 69.3 Å². The Balaban J connectivity index is 2.03. The highest BCUT2D eigenvalue weighted by Crippen LogP contribution is 2.30. The number of rotatable bonds is 7. The third kappa shape index (κ3) is 4.83. The van der Waals surface area contributed by atoms with Crippen LogP contribution in [0.5, 0.6) is 11.5 Å². The number of ether oxygens (including phenoxy) is 3. The maximum Gasteiger partial charge on any atom is 0.331 e. The number of non-ortho nitro benzene ring substituents is 1. The van der Waals surface area contributed by atoms with Gasteiger partial charge in [-0.1, -0.05) is 12.1 Å². The van der Waals surface area contributed by atoms with E-state index < -0.39 is 10.9 Å². The van der Waals surface area contributed by atoms with Gasteiger partial charge in [-0.3, -0.25) is 10.1 Å². The van der Waals surface area contributed by atoms with Crippen LogP contribution in [0.3, 0.4) is 0 Å². The van der Waals surface area contributed by atoms with E-state index in [1.54, 1.807) is 31.4 Å². The molecule has 0 aromatic heterocycles. The number of nitro groups is 1. The number of aryl methyl sites for hydroxylation is 1. The molecule has 0 fully saturated rings. The molecule has 0 amide bonds. The van der Waals surface area contributed by atoms with Gasteiger partial charge in [0.25, 0.3) is 5.69 Å². The van der Waals surface area contributed by atoms with Gasteiger partial charge in [0.15, 0.2) is 11.5 Å². The van der Waals surface area contributed by atoms with Crippen molar-refractivity contribution in [1.82, 2.24) is 0 Å². The topological polar surface area (TPSA) is 87.9 Å². The normalized spacial score (nSPS) is 10.6. The number of esters is 1. The van der Waals surface area contributed by atoms with Crippen LogP contribution in [0.1, 0.15) is 16.7 Å². The van der Waals surface area contributed by atoms with Gasteiger partial charge in [-0.25, -0.2) is 4.79 Å². The Hall–Kier alpha value is -3.35. The van der Waals surface area contributed by atoms with Crippen LogP contribution < -0.4 is 9.47 Å². The zero-order valence-corrected chi connectivity index (χ0v) is 14.7. The molecule has 0 atom stereocenters. The summed E-state index contributed by atoms with van der Waals surface area (Å²) >= 11 is 0. The fraction of sp³-hybridized carbons (Fsp3) is 0.211. The molecule has 2 rings (SSSR count). The average Bonchev–Trinajstić information content (AvgIpc) is 2.65. The van der Waals surface area contributed by atoms with Gasteiger partial charge in [0.05, 0.1) is 19.1 Å². The molecule has 0 unspecified atom stereocenters. The minimum absolute atomic E-state index is 0.0403. The largest absolute Gasteiger partial charge is 0.493 e. The molecule has 0 heterocycles. The number of hydrogen-bond acceptors (Lipinski definition) is 6. The summed E-state index contributed by atoms with van der Waals surface area (Å²) in [6.45, 7) is 1.95. The van der Waals surface area contributed by atoms with Crippen LogP contribution in [-0.4, -0.2) is 25.1 Å². The van der Waals surface area contributed by atoms with Gasteiger partial charge in [0, 0.05) is 18.2 Å². The van der Waals surface area contributed by atoms with E-state index in [9.17, 15) is 14.9 Å². The molecule has 0 N–H and O–H groups in total. The molecule has 7 nitrogen and oxygen atoms in total. The Morgan fingerprint density at radius 1 is 1.15 bits per heavy atom. The maximum absolute atomic E-state index is 11.9. The van der Waals surface area contributed by atoms with Crippen LogP contribution >= 0.6 is 0 Å². The Morgan fingerprint density at radius 2 is 1.85 bits per heavy atom. The van der Waals surface area contributed by atoms with Crippen LogP contribution in [0.15, 0.2) is 42.5 Å². The van der Waals surface area contributed by atoms with Gasteiger partial charge in [0.1, 0.15) is 6.61 Å². The summed E-state index contributed by atoms with van der Waals surface area (Å²) in [5.74, 6) is 0.604. The van der Waals surface area contributed by atoms with Crippen LogP contribution in [0, 0.1) is 17.0 Å². The van der Waals surface area contributed by atoms with Gasteiger partial charge in [-0.2, -0.15) is 0 Å². The monoisotopic (exact) mass is 357 g/mol. The lowest BCUT2D eigenvalue weighted by Gasteiger charge is -2.12. The Kier molecular flexibility index (Phi) is 6.32. The van der Waals surface area contributed by atoms with E-state index >= 15 is 0 Å². The third-order valence-corrected chi connectivity index (χ3v) is 3.70. The predicted molar refractivity (Wildman–Crippen MR) is 96.2 cm³/mol. The molecule has 0 aliphatic rings. The van der Waals surface area contributed by atoms with Crippen molar-refractivity contribution in [3.63, 3.8) is 0 Å². The lowest BCUT2D eigenvalue weighted by atomic mass is 10.1. The number of carbonyl (C=O) groups excluding carboxylic acids is 1. The minimum atomic E-state index is -0.550. The molecule has 0 saturated carbocycles. The number of carbonyl (C=O) groups is 1. The Morgan fingerprint density at radius 3 is 2.50 bits per heavy atom. The summed E-state index contributed by atoms with van der Waals surface area (Å²) in [5, 5.41) is 10.8. The van der Waals surface area contributed by atoms with Crippen LogP contribution in [0.2, 0.25) is 0 Å². The zero-order valence-electron chi connectivity index (χ0n) is 14.7. The van der Waals surface area contributed by atoms with Gasteiger partial charge in [0.2, 0.25) is 0 Å². The standard InChI is InChI=1S/C19H19NO6/c1-13-9-17(24-2)18(25-3)11-15(13)12-26-19(21)8-7-14-5-4-6-16(10-14)20(22)23/h4-11H,12H2,1-3H3/b8-7+. The number of nitro benzene ring substituents is 1. The number of benzene rings is 2. The smallest absolute Gasteiger partial charge is 0.331 e. The molecule has 0 radical (unpaired) electrons. The third-order valence-electron chi connectivity index (χ3n) is 3.70. The Labute approximate surface area is 151 Å². The van der Waals surface area contributed by atoms with E-state index in [2.05, 4.69) is 0 Å². The first-order valence-corrected chi connectivity index (χ1v) is 7.75. The van der Waals surface area contributed by atoms with Gasteiger partial charge >= 0.3 is 5.97 Å². The van der Waals surface area contributed by atoms with E-state index in [4.69, 9.17) is 14.2 Å². The molecule has 2 aromatic carbocycles. The molecule has 26 heavy (non-hydrogen) atoms. The summed E-state index contributed by atoms with van der Waals surface area (Å²) in [6.07, 6.45) is 2.70. The quantitative estimate of drug-likeness (QED) is 0.325. The molecule has 2 aromatic rings. The maximum atomic E-state index is 11.9. The minimum Gasteiger partial charge on any atom is -0.493 e. The molecule has 0 saturated heterocycles. The highest BCUT2D eigenvalue weighted by Gasteiger charge is 2.10. The molecule has 7 heteroatoms. The summed E-state index contributed by atoms with van der Waals surface area (Å²) in [4.78, 5) is 22.2. The van der Waals surface area contributed by atoms with Crippen molar-refractivity contribution >= 4 is 17.7 Å². The van der Waals surface area contributed by atoms with E-state index in [0.717, 1.165) is 11.1 Å². The van der Waals surface area contributed by atoms with Crippen molar-refractivity contribution in [3.8, 4) is 11.5 Å². The van der Waals surface area contributed by atoms with Gasteiger partial charge < -0.3 is 14.2 Å². The summed E-state index contributed by atoms with van der Waals surface area (Å²) in [6, 6.07) is 9.54. The Bertz CT molecular complexity index is 844. The summed E-state index contributed by atoms with van der Waals surface area (Å²) < 4.78 is 15.7. The van der Waals surface area contributed by atoms with E-state index in [1.165, 1.54) is 31.4 Å². The fourth-order valence-electron chi connectivity index (χ4n) is 2.28. The van der Waals surface area contributed by atoms with Crippen molar-refractivity contribution in [2.45, 2.75) is 13.5 Å². The molecule has 0 aliphatic carbocycles. The van der Waals surface area contributed by atoms with Crippen molar-refractivity contribution < 1.29 is 23.9 Å². The molecule has 0 spiro atoms.